The van der Waals surface area contributed by atoms with Crippen molar-refractivity contribution in [2.75, 3.05) is 0 Å². The highest BCUT2D eigenvalue weighted by Gasteiger charge is 2.13. The molecular weight excluding hydrogens is 178 g/mol. The topological polar surface area (TPSA) is 66.5 Å². The Kier molecular flexibility index (Phi) is 3.14. The Morgan fingerprint density at radius 1 is 1.50 bits per heavy atom. The van der Waals surface area contributed by atoms with Crippen molar-refractivity contribution in [3.8, 4) is 11.5 Å². The molecule has 1 aromatic rings. The highest BCUT2D eigenvalue weighted by atomic mass is 16.3. The van der Waals surface area contributed by atoms with E-state index >= 15 is 0 Å². The second-order valence-corrected chi connectivity index (χ2v) is 3.48. The van der Waals surface area contributed by atoms with Gasteiger partial charge in [-0.3, -0.25) is 0 Å². The molecule has 0 aliphatic heterocycles. The molecule has 1 rings (SSSR count). The molecule has 1 atom stereocenters. The first-order chi connectivity index (χ1) is 6.52. The van der Waals surface area contributed by atoms with Gasteiger partial charge in [0.15, 0.2) is 11.5 Å². The monoisotopic (exact) mass is 193 g/mol. The van der Waals surface area contributed by atoms with E-state index in [9.17, 15) is 10.2 Å². The van der Waals surface area contributed by atoms with Crippen LogP contribution in [0.2, 0.25) is 0 Å². The van der Waals surface area contributed by atoms with E-state index in [-0.39, 0.29) is 17.5 Å². The second-order valence-electron chi connectivity index (χ2n) is 3.48. The first-order valence-electron chi connectivity index (χ1n) is 4.43. The van der Waals surface area contributed by atoms with E-state index < -0.39 is 0 Å². The van der Waals surface area contributed by atoms with Crippen molar-refractivity contribution >= 4 is 0 Å². The van der Waals surface area contributed by atoms with Crippen LogP contribution in [0.3, 0.4) is 0 Å². The first-order valence-corrected chi connectivity index (χ1v) is 4.43. The number of phenols is 2. The zero-order valence-corrected chi connectivity index (χ0v) is 8.20. The number of benzene rings is 1. The van der Waals surface area contributed by atoms with Gasteiger partial charge in [0.2, 0.25) is 0 Å². The summed E-state index contributed by atoms with van der Waals surface area (Å²) in [6, 6.07) is 4.46. The summed E-state index contributed by atoms with van der Waals surface area (Å²) in [5.74, 6) is -0.277. The molecule has 3 heteroatoms. The predicted molar refractivity (Wildman–Crippen MR) is 56.1 cm³/mol. The highest BCUT2D eigenvalue weighted by molar-refractivity contribution is 5.46. The van der Waals surface area contributed by atoms with E-state index in [0.29, 0.717) is 12.0 Å². The van der Waals surface area contributed by atoms with Crippen LogP contribution in [0.5, 0.6) is 11.5 Å². The van der Waals surface area contributed by atoms with Crippen LogP contribution in [0.1, 0.15) is 24.9 Å². The van der Waals surface area contributed by atoms with E-state index in [4.69, 9.17) is 5.73 Å². The van der Waals surface area contributed by atoms with Crippen LogP contribution in [0.25, 0.3) is 0 Å². The molecule has 0 fully saturated rings. The van der Waals surface area contributed by atoms with Crippen LogP contribution in [0.4, 0.5) is 0 Å². The van der Waals surface area contributed by atoms with Crippen molar-refractivity contribution in [1.29, 1.82) is 0 Å². The summed E-state index contributed by atoms with van der Waals surface area (Å²) in [5, 5.41) is 18.8. The molecule has 0 spiro atoms. The van der Waals surface area contributed by atoms with Crippen LogP contribution >= 0.6 is 0 Å². The fraction of sp³-hybridized carbons (Fsp3) is 0.273. The number of aromatic hydroxyl groups is 2. The minimum atomic E-state index is -0.320. The average molecular weight is 193 g/mol. The third kappa shape index (κ3) is 2.26. The Morgan fingerprint density at radius 3 is 2.71 bits per heavy atom. The number of rotatable bonds is 3. The van der Waals surface area contributed by atoms with Crippen molar-refractivity contribution in [1.82, 2.24) is 0 Å². The number of para-hydroxylation sites is 1. The van der Waals surface area contributed by atoms with Gasteiger partial charge in [-0.25, -0.2) is 0 Å². The number of phenolic OH excluding ortho intramolecular Hbond substituents is 2. The van der Waals surface area contributed by atoms with Gasteiger partial charge in [-0.15, -0.1) is 6.58 Å². The molecule has 0 saturated carbocycles. The minimum Gasteiger partial charge on any atom is -0.504 e. The maximum absolute atomic E-state index is 9.52. The molecule has 0 aromatic heterocycles. The first kappa shape index (κ1) is 10.6. The Labute approximate surface area is 83.5 Å². The van der Waals surface area contributed by atoms with Crippen LogP contribution in [0, 0.1) is 0 Å². The van der Waals surface area contributed by atoms with Gasteiger partial charge in [0.1, 0.15) is 0 Å². The normalized spacial score (nSPS) is 12.4. The quantitative estimate of drug-likeness (QED) is 0.508. The van der Waals surface area contributed by atoms with Gasteiger partial charge >= 0.3 is 0 Å². The average Bonchev–Trinajstić information content (AvgIpc) is 2.08. The van der Waals surface area contributed by atoms with E-state index in [0.717, 1.165) is 5.57 Å². The fourth-order valence-electron chi connectivity index (χ4n) is 1.33. The summed E-state index contributed by atoms with van der Waals surface area (Å²) in [6.07, 6.45) is 0.594. The number of hydrogen-bond donors (Lipinski definition) is 3. The molecule has 0 aliphatic carbocycles. The lowest BCUT2D eigenvalue weighted by Gasteiger charge is -2.13. The minimum absolute atomic E-state index is 0.138. The molecule has 76 valence electrons. The van der Waals surface area contributed by atoms with Crippen LogP contribution in [-0.4, -0.2) is 10.2 Å². The van der Waals surface area contributed by atoms with Crippen molar-refractivity contribution in [3.63, 3.8) is 0 Å². The van der Waals surface area contributed by atoms with Crippen LogP contribution in [-0.2, 0) is 0 Å². The summed E-state index contributed by atoms with van der Waals surface area (Å²) in [7, 11) is 0. The summed E-state index contributed by atoms with van der Waals surface area (Å²) >= 11 is 0. The molecular formula is C11H15NO2. The van der Waals surface area contributed by atoms with Gasteiger partial charge in [-0.2, -0.15) is 0 Å². The molecule has 14 heavy (non-hydrogen) atoms. The maximum Gasteiger partial charge on any atom is 0.162 e. The van der Waals surface area contributed by atoms with E-state index in [1.807, 2.05) is 6.92 Å². The van der Waals surface area contributed by atoms with E-state index in [1.165, 1.54) is 6.07 Å². The van der Waals surface area contributed by atoms with Gasteiger partial charge in [0, 0.05) is 11.6 Å². The molecule has 0 radical (unpaired) electrons. The molecule has 0 aliphatic rings. The lowest BCUT2D eigenvalue weighted by molar-refractivity contribution is 0.396. The van der Waals surface area contributed by atoms with Crippen LogP contribution < -0.4 is 5.73 Å². The summed E-state index contributed by atoms with van der Waals surface area (Å²) in [5.41, 5.74) is 7.33. The van der Waals surface area contributed by atoms with Crippen molar-refractivity contribution in [2.24, 2.45) is 5.73 Å². The molecule has 0 saturated heterocycles. The maximum atomic E-state index is 9.52. The Hall–Kier alpha value is -1.48. The predicted octanol–water partition coefficient (Wildman–Crippen LogP) is 2.06. The van der Waals surface area contributed by atoms with Gasteiger partial charge in [-0.05, 0) is 19.4 Å². The molecule has 4 N–H and O–H groups in total. The van der Waals surface area contributed by atoms with Crippen molar-refractivity contribution in [3.05, 3.63) is 35.9 Å². The smallest absolute Gasteiger partial charge is 0.162 e. The highest BCUT2D eigenvalue weighted by Crippen LogP contribution is 2.33. The summed E-state index contributed by atoms with van der Waals surface area (Å²) in [4.78, 5) is 0. The molecule has 1 aromatic carbocycles. The standard InChI is InChI=1S/C11H15NO2/c1-7(2)6-9(12)8-4-3-5-10(13)11(8)14/h3-5,9,13-14H,1,6,12H2,2H3. The van der Waals surface area contributed by atoms with Crippen molar-refractivity contribution in [2.45, 2.75) is 19.4 Å². The van der Waals surface area contributed by atoms with Gasteiger partial charge in [-0.1, -0.05) is 17.7 Å². The third-order valence-corrected chi connectivity index (χ3v) is 2.01. The van der Waals surface area contributed by atoms with Gasteiger partial charge in [0.25, 0.3) is 0 Å². The Balaban J connectivity index is 2.95. The van der Waals surface area contributed by atoms with Crippen LogP contribution in [0.15, 0.2) is 30.4 Å². The Morgan fingerprint density at radius 2 is 2.14 bits per heavy atom. The zero-order chi connectivity index (χ0) is 10.7. The molecule has 0 amide bonds. The molecule has 0 bridgehead atoms. The van der Waals surface area contributed by atoms with Gasteiger partial charge in [0.05, 0.1) is 0 Å². The molecule has 1 unspecified atom stereocenters. The van der Waals surface area contributed by atoms with Gasteiger partial charge < -0.3 is 15.9 Å². The largest absolute Gasteiger partial charge is 0.504 e. The van der Waals surface area contributed by atoms with Crippen molar-refractivity contribution < 1.29 is 10.2 Å². The summed E-state index contributed by atoms with van der Waals surface area (Å²) in [6.45, 7) is 5.62. The molecule has 3 nitrogen and oxygen atoms in total. The summed E-state index contributed by atoms with van der Waals surface area (Å²) < 4.78 is 0. The van der Waals surface area contributed by atoms with E-state index in [2.05, 4.69) is 6.58 Å². The van der Waals surface area contributed by atoms with E-state index in [1.54, 1.807) is 12.1 Å². The second kappa shape index (κ2) is 4.15. The third-order valence-electron chi connectivity index (χ3n) is 2.01. The number of nitrogens with two attached hydrogens (primary N) is 1. The number of hydrogen-bond acceptors (Lipinski definition) is 3. The zero-order valence-electron chi connectivity index (χ0n) is 8.20. The fourth-order valence-corrected chi connectivity index (χ4v) is 1.33. The Bertz CT molecular complexity index is 347. The molecule has 0 heterocycles. The SMILES string of the molecule is C=C(C)CC(N)c1cccc(O)c1O. The lowest BCUT2D eigenvalue weighted by Crippen LogP contribution is -2.10. The lowest BCUT2D eigenvalue weighted by atomic mass is 10.00.